The first kappa shape index (κ1) is 33.1. The van der Waals surface area contributed by atoms with Crippen LogP contribution in [-0.4, -0.2) is 81.1 Å². The summed E-state index contributed by atoms with van der Waals surface area (Å²) < 4.78 is 56.4. The van der Waals surface area contributed by atoms with E-state index in [0.29, 0.717) is 47.8 Å². The summed E-state index contributed by atoms with van der Waals surface area (Å²) in [7, 11) is 0. The van der Waals surface area contributed by atoms with E-state index in [2.05, 4.69) is 0 Å². The number of hydrogen-bond acceptors (Lipinski definition) is 5. The molecular weight excluding hydrogens is 607 g/mol. The summed E-state index contributed by atoms with van der Waals surface area (Å²) in [6, 6.07) is 7.20. The minimum atomic E-state index is -4.44. The molecule has 3 aromatic rings. The quantitative estimate of drug-likeness (QED) is 0.380. The number of amides is 1. The number of para-hydroxylation sites is 1. The van der Waals surface area contributed by atoms with E-state index in [-0.39, 0.29) is 69.0 Å². The number of aromatic nitrogens is 1. The summed E-state index contributed by atoms with van der Waals surface area (Å²) in [6.45, 7) is 5.94. The van der Waals surface area contributed by atoms with Crippen LogP contribution in [0.2, 0.25) is 0 Å². The van der Waals surface area contributed by atoms with E-state index in [1.54, 1.807) is 15.5 Å². The van der Waals surface area contributed by atoms with Crippen LogP contribution in [-0.2, 0) is 35.3 Å². The number of carboxylic acids is 1. The summed E-state index contributed by atoms with van der Waals surface area (Å²) in [5, 5.41) is 9.92. The normalized spacial score (nSPS) is 19.9. The molecule has 2 aliphatic rings. The van der Waals surface area contributed by atoms with Gasteiger partial charge in [-0.2, -0.15) is 13.2 Å². The first-order valence-electron chi connectivity index (χ1n) is 12.8. The highest BCUT2D eigenvalue weighted by atomic mass is 35.5. The lowest BCUT2D eigenvalue weighted by atomic mass is 10.0. The zero-order valence-corrected chi connectivity index (χ0v) is 24.9. The lowest BCUT2D eigenvalue weighted by Gasteiger charge is -2.44. The molecular formula is C27H32Cl2F4N4O3S. The average Bonchev–Trinajstić information content (AvgIpc) is 3.45. The van der Waals surface area contributed by atoms with Crippen molar-refractivity contribution in [1.82, 2.24) is 19.3 Å². The van der Waals surface area contributed by atoms with Gasteiger partial charge < -0.3 is 14.6 Å². The number of nitrogens with zero attached hydrogens (tertiary/aromatic N) is 4. The largest absolute Gasteiger partial charge is 0.480 e. The summed E-state index contributed by atoms with van der Waals surface area (Å²) in [5.74, 6) is -1.42. The van der Waals surface area contributed by atoms with E-state index in [9.17, 15) is 27.9 Å². The number of benzene rings is 1. The second-order valence-corrected chi connectivity index (χ2v) is 11.6. The Kier molecular flexibility index (Phi) is 10.4. The van der Waals surface area contributed by atoms with Gasteiger partial charge in [0.05, 0.1) is 31.7 Å². The van der Waals surface area contributed by atoms with Crippen molar-refractivity contribution in [2.75, 3.05) is 32.7 Å². The van der Waals surface area contributed by atoms with Crippen LogP contribution in [0.15, 0.2) is 30.3 Å². The minimum absolute atomic E-state index is 0. The molecule has 2 aliphatic heterocycles. The molecule has 1 amide bonds. The molecule has 1 aromatic carbocycles. The predicted octanol–water partition coefficient (Wildman–Crippen LogP) is 5.12. The lowest BCUT2D eigenvalue weighted by Crippen LogP contribution is -2.59. The van der Waals surface area contributed by atoms with Gasteiger partial charge in [0, 0.05) is 47.7 Å². The van der Waals surface area contributed by atoms with Crippen LogP contribution in [0.25, 0.3) is 10.9 Å². The number of halogens is 6. The number of thiophene rings is 1. The molecule has 1 saturated heterocycles. The Bertz CT molecular complexity index is 1400. The molecule has 0 radical (unpaired) electrons. The Hall–Kier alpha value is -2.38. The van der Waals surface area contributed by atoms with Crippen LogP contribution in [0.4, 0.5) is 17.6 Å². The molecule has 0 unspecified atom stereocenters. The van der Waals surface area contributed by atoms with E-state index in [1.165, 1.54) is 12.1 Å². The Balaban J connectivity index is 0.00000231. The van der Waals surface area contributed by atoms with E-state index in [4.69, 9.17) is 0 Å². The maximum absolute atomic E-state index is 15.1. The number of alkyl halides is 3. The number of piperazine rings is 1. The highest BCUT2D eigenvalue weighted by Gasteiger charge is 2.35. The average molecular weight is 640 g/mol. The number of carboxylic acid groups (broad SMARTS) is 1. The Morgan fingerprint density at radius 2 is 1.73 bits per heavy atom. The van der Waals surface area contributed by atoms with Gasteiger partial charge in [-0.15, -0.1) is 36.2 Å². The smallest absolute Gasteiger partial charge is 0.425 e. The van der Waals surface area contributed by atoms with Crippen molar-refractivity contribution in [1.29, 1.82) is 0 Å². The molecule has 4 heterocycles. The van der Waals surface area contributed by atoms with Crippen LogP contribution in [0.5, 0.6) is 0 Å². The maximum Gasteiger partial charge on any atom is 0.425 e. The van der Waals surface area contributed by atoms with E-state index in [1.807, 2.05) is 29.7 Å². The Labute approximate surface area is 251 Å². The van der Waals surface area contributed by atoms with Crippen molar-refractivity contribution in [3.63, 3.8) is 0 Å². The first-order valence-corrected chi connectivity index (χ1v) is 13.7. The Morgan fingerprint density at radius 1 is 1.05 bits per heavy atom. The SMILES string of the molecule is C[C@@H]1CN(CC(=O)N2CCc3c(n(Cc4ccc(C(F)(F)F)s4)c4c(F)cccc34)C2)C[C@H](C)N1CC(=O)O.Cl.Cl. The van der Waals surface area contributed by atoms with Crippen molar-refractivity contribution in [3.05, 3.63) is 57.2 Å². The fraction of sp³-hybridized carbons (Fsp3) is 0.481. The van der Waals surface area contributed by atoms with Gasteiger partial charge in [0.2, 0.25) is 5.91 Å². The molecule has 0 saturated carbocycles. The van der Waals surface area contributed by atoms with Gasteiger partial charge in [-0.1, -0.05) is 12.1 Å². The molecule has 0 spiro atoms. The lowest BCUT2D eigenvalue weighted by molar-refractivity contribution is -0.142. The van der Waals surface area contributed by atoms with Crippen LogP contribution in [0, 0.1) is 5.82 Å². The van der Waals surface area contributed by atoms with Crippen LogP contribution in [0.3, 0.4) is 0 Å². The molecule has 14 heteroatoms. The number of carbonyl (C=O) groups excluding carboxylic acids is 1. The van der Waals surface area contributed by atoms with Gasteiger partial charge in [-0.05, 0) is 44.0 Å². The first-order chi connectivity index (χ1) is 18.4. The van der Waals surface area contributed by atoms with Crippen LogP contribution < -0.4 is 0 Å². The molecule has 41 heavy (non-hydrogen) atoms. The summed E-state index contributed by atoms with van der Waals surface area (Å²) >= 11 is 0.641. The second-order valence-electron chi connectivity index (χ2n) is 10.4. The van der Waals surface area contributed by atoms with Gasteiger partial charge in [0.1, 0.15) is 10.7 Å². The molecule has 1 fully saturated rings. The van der Waals surface area contributed by atoms with E-state index in [0.717, 1.165) is 22.7 Å². The third kappa shape index (κ3) is 6.83. The predicted molar refractivity (Wildman–Crippen MR) is 154 cm³/mol. The summed E-state index contributed by atoms with van der Waals surface area (Å²) in [5.41, 5.74) is 2.01. The van der Waals surface area contributed by atoms with E-state index >= 15 is 4.39 Å². The number of aliphatic carboxylic acids is 1. The monoisotopic (exact) mass is 638 g/mol. The van der Waals surface area contributed by atoms with Gasteiger partial charge in [-0.25, -0.2) is 4.39 Å². The zero-order valence-electron chi connectivity index (χ0n) is 22.5. The van der Waals surface area contributed by atoms with Gasteiger partial charge in [0.25, 0.3) is 0 Å². The third-order valence-corrected chi connectivity index (χ3v) is 8.80. The molecule has 1 N–H and O–H groups in total. The van der Waals surface area contributed by atoms with Crippen molar-refractivity contribution in [2.45, 2.75) is 51.6 Å². The standard InChI is InChI=1S/C27H30F4N4O3S.2ClH/c1-16-10-32(11-17(2)34(16)15-25(37)38)14-24(36)33-9-8-19-20-4-3-5-21(28)26(20)35(22(19)13-33)12-18-6-7-23(39-18)27(29,30)31;;/h3-7,16-17H,8-15H2,1-2H3,(H,37,38);2*1H/t16-,17+;;. The molecule has 7 nitrogen and oxygen atoms in total. The maximum atomic E-state index is 15.1. The highest BCUT2D eigenvalue weighted by molar-refractivity contribution is 7.12. The minimum Gasteiger partial charge on any atom is -0.480 e. The molecule has 0 aliphatic carbocycles. The second kappa shape index (κ2) is 12.9. The molecule has 2 atom stereocenters. The molecule has 5 rings (SSSR count). The van der Waals surface area contributed by atoms with Crippen LogP contribution >= 0.6 is 36.2 Å². The third-order valence-electron chi connectivity index (χ3n) is 7.69. The van der Waals surface area contributed by atoms with Crippen LogP contribution in [0.1, 0.15) is 34.9 Å². The molecule has 226 valence electrons. The van der Waals surface area contributed by atoms with Gasteiger partial charge in [0.15, 0.2) is 0 Å². The van der Waals surface area contributed by atoms with Gasteiger partial charge in [-0.3, -0.25) is 19.4 Å². The Morgan fingerprint density at radius 3 is 2.34 bits per heavy atom. The summed E-state index contributed by atoms with van der Waals surface area (Å²) in [6.07, 6.45) is -3.92. The fourth-order valence-electron chi connectivity index (χ4n) is 5.97. The number of carbonyl (C=O) groups is 2. The number of fused-ring (bicyclic) bond motifs is 3. The van der Waals surface area contributed by atoms with Crippen molar-refractivity contribution in [2.24, 2.45) is 0 Å². The fourth-order valence-corrected chi connectivity index (χ4v) is 6.83. The number of hydrogen-bond donors (Lipinski definition) is 1. The van der Waals surface area contributed by atoms with Crippen molar-refractivity contribution < 1.29 is 32.3 Å². The highest BCUT2D eigenvalue weighted by Crippen LogP contribution is 2.37. The molecule has 2 aromatic heterocycles. The van der Waals surface area contributed by atoms with Crippen molar-refractivity contribution in [3.8, 4) is 0 Å². The zero-order chi connectivity index (χ0) is 28.1. The number of rotatable bonds is 6. The summed E-state index contributed by atoms with van der Waals surface area (Å²) in [4.78, 5) is 30.0. The topological polar surface area (TPSA) is 69.0 Å². The van der Waals surface area contributed by atoms with E-state index < -0.39 is 22.8 Å². The van der Waals surface area contributed by atoms with Gasteiger partial charge >= 0.3 is 12.1 Å². The molecule has 0 bridgehead atoms. The van der Waals surface area contributed by atoms with Crippen molar-refractivity contribution >= 4 is 58.9 Å².